The van der Waals surface area contributed by atoms with Gasteiger partial charge in [-0.05, 0) is 102 Å². The van der Waals surface area contributed by atoms with Crippen molar-refractivity contribution >= 4 is 17.2 Å². The van der Waals surface area contributed by atoms with Gasteiger partial charge in [0.15, 0.2) is 5.69 Å². The molecule has 5 nitrogen and oxygen atoms in total. The van der Waals surface area contributed by atoms with E-state index in [1.54, 1.807) is 13.0 Å². The molecular weight excluding hydrogens is 398 g/mol. The summed E-state index contributed by atoms with van der Waals surface area (Å²) in [5.74, 6) is 0.986. The van der Waals surface area contributed by atoms with Gasteiger partial charge < -0.3 is 9.84 Å². The van der Waals surface area contributed by atoms with Gasteiger partial charge >= 0.3 is 0 Å². The van der Waals surface area contributed by atoms with Gasteiger partial charge in [-0.25, -0.2) is 0 Å². The summed E-state index contributed by atoms with van der Waals surface area (Å²) < 4.78 is 5.08. The number of aromatic nitrogens is 1. The lowest BCUT2D eigenvalue weighted by atomic mass is 9.85. The maximum Gasteiger partial charge on any atom is 0.277 e. The van der Waals surface area contributed by atoms with Gasteiger partial charge in [0.25, 0.3) is 5.91 Å². The normalized spacial score (nSPS) is 17.7. The molecular formula is C27H35N3O2. The van der Waals surface area contributed by atoms with Crippen LogP contribution in [0, 0.1) is 6.92 Å². The predicted molar refractivity (Wildman–Crippen MR) is 130 cm³/mol. The van der Waals surface area contributed by atoms with E-state index in [2.05, 4.69) is 59.6 Å². The van der Waals surface area contributed by atoms with Crippen molar-refractivity contribution in [1.82, 2.24) is 10.1 Å². The zero-order chi connectivity index (χ0) is 22.5. The molecule has 1 aliphatic heterocycles. The Morgan fingerprint density at radius 1 is 1.22 bits per heavy atom. The largest absolute Gasteiger partial charge is 0.361 e. The van der Waals surface area contributed by atoms with Gasteiger partial charge in [-0.15, -0.1) is 0 Å². The summed E-state index contributed by atoms with van der Waals surface area (Å²) in [6, 6.07) is 8.29. The Hall–Kier alpha value is -2.66. The van der Waals surface area contributed by atoms with E-state index in [1.165, 1.54) is 48.0 Å². The minimum atomic E-state index is -0.222. The molecule has 0 bridgehead atoms. The van der Waals surface area contributed by atoms with Gasteiger partial charge in [0.05, 0.1) is 0 Å². The second kappa shape index (κ2) is 10.3. The molecule has 1 aliphatic carbocycles. The van der Waals surface area contributed by atoms with Crippen molar-refractivity contribution in [2.75, 3.05) is 25.0 Å². The first-order valence-corrected chi connectivity index (χ1v) is 11.9. The number of anilines is 1. The maximum atomic E-state index is 12.7. The maximum absolute atomic E-state index is 12.7. The van der Waals surface area contributed by atoms with Crippen molar-refractivity contribution in [3.8, 4) is 0 Å². The number of hydrogen-bond acceptors (Lipinski definition) is 4. The number of carbonyl (C=O) groups excluding carboxylic acids is 1. The fourth-order valence-corrected chi connectivity index (χ4v) is 4.69. The van der Waals surface area contributed by atoms with Crippen molar-refractivity contribution in [1.29, 1.82) is 0 Å². The van der Waals surface area contributed by atoms with Crippen LogP contribution in [0.15, 0.2) is 46.5 Å². The Morgan fingerprint density at radius 3 is 2.69 bits per heavy atom. The van der Waals surface area contributed by atoms with Crippen LogP contribution in [0.25, 0.3) is 5.57 Å². The molecule has 170 valence electrons. The number of allylic oxidation sites excluding steroid dienone is 3. The van der Waals surface area contributed by atoms with Gasteiger partial charge in [-0.2, -0.15) is 0 Å². The van der Waals surface area contributed by atoms with E-state index in [9.17, 15) is 4.79 Å². The highest BCUT2D eigenvalue weighted by molar-refractivity contribution is 6.04. The Bertz CT molecular complexity index is 1010. The van der Waals surface area contributed by atoms with Gasteiger partial charge in [-0.3, -0.25) is 9.69 Å². The van der Waals surface area contributed by atoms with Crippen LogP contribution in [0.4, 0.5) is 5.69 Å². The fraction of sp³-hybridized carbons (Fsp3) is 0.481. The van der Waals surface area contributed by atoms with Gasteiger partial charge in [0.2, 0.25) is 0 Å². The number of carbonyl (C=O) groups is 1. The third-order valence-corrected chi connectivity index (χ3v) is 6.61. The number of hydrogen-bond donors (Lipinski definition) is 1. The highest BCUT2D eigenvalue weighted by Crippen LogP contribution is 2.36. The monoisotopic (exact) mass is 433 g/mol. The summed E-state index contributed by atoms with van der Waals surface area (Å²) >= 11 is 0. The average Bonchev–Trinajstić information content (AvgIpc) is 3.25. The molecule has 1 fully saturated rings. The third-order valence-electron chi connectivity index (χ3n) is 6.61. The van der Waals surface area contributed by atoms with Crippen molar-refractivity contribution in [3.05, 3.63) is 64.6 Å². The number of benzene rings is 1. The minimum absolute atomic E-state index is 0.222. The molecule has 1 saturated heterocycles. The molecule has 0 radical (unpaired) electrons. The average molecular weight is 434 g/mol. The number of likely N-dealkylation sites (tertiary alicyclic amines) is 1. The van der Waals surface area contributed by atoms with Gasteiger partial charge in [-0.1, -0.05) is 28.9 Å². The second-order valence-corrected chi connectivity index (χ2v) is 9.41. The summed E-state index contributed by atoms with van der Waals surface area (Å²) in [5, 5.41) is 6.95. The topological polar surface area (TPSA) is 58.4 Å². The molecule has 0 unspecified atom stereocenters. The smallest absolute Gasteiger partial charge is 0.277 e. The van der Waals surface area contributed by atoms with Gasteiger partial charge in [0, 0.05) is 23.9 Å². The lowest BCUT2D eigenvalue weighted by molar-refractivity contribution is 0.101. The van der Waals surface area contributed by atoms with Crippen molar-refractivity contribution in [3.63, 3.8) is 0 Å². The number of nitrogens with zero attached hydrogens (tertiary/aromatic N) is 2. The summed E-state index contributed by atoms with van der Waals surface area (Å²) in [7, 11) is 0. The first-order chi connectivity index (χ1) is 15.5. The predicted octanol–water partition coefficient (Wildman–Crippen LogP) is 6.34. The van der Waals surface area contributed by atoms with Crippen LogP contribution < -0.4 is 5.32 Å². The van der Waals surface area contributed by atoms with E-state index in [1.807, 2.05) is 0 Å². The zero-order valence-electron chi connectivity index (χ0n) is 19.6. The van der Waals surface area contributed by atoms with E-state index in [4.69, 9.17) is 4.52 Å². The number of amides is 1. The quantitative estimate of drug-likeness (QED) is 0.540. The summed E-state index contributed by atoms with van der Waals surface area (Å²) in [4.78, 5) is 15.3. The molecule has 32 heavy (non-hydrogen) atoms. The summed E-state index contributed by atoms with van der Waals surface area (Å²) in [6.45, 7) is 9.45. The highest BCUT2D eigenvalue weighted by Gasteiger charge is 2.22. The number of rotatable bonds is 6. The van der Waals surface area contributed by atoms with E-state index in [0.717, 1.165) is 38.2 Å². The Balaban J connectivity index is 1.53. The standard InChI is InChI=1S/C27H35N3O2/c1-19(2)11-14-30-15-12-21(13-16-30)23-9-10-25(24(18-23)22-7-5-4-6-8-22)28-27(31)26-17-20(3)32-29-26/h7,9-11,17-18,21H,4-6,8,12-16H2,1-3H3,(H,28,31). The highest BCUT2D eigenvalue weighted by atomic mass is 16.5. The molecule has 0 spiro atoms. The Morgan fingerprint density at radius 2 is 2.03 bits per heavy atom. The molecule has 1 N–H and O–H groups in total. The SMILES string of the molecule is CC(C)=CCN1CCC(c2ccc(NC(=O)c3cc(C)on3)c(C3=CCCCC3)c2)CC1. The van der Waals surface area contributed by atoms with Crippen LogP contribution in [0.3, 0.4) is 0 Å². The first kappa shape index (κ1) is 22.5. The number of nitrogens with one attached hydrogen (secondary N) is 1. The van der Waals surface area contributed by atoms with Gasteiger partial charge in [0.1, 0.15) is 5.76 Å². The van der Waals surface area contributed by atoms with E-state index in [-0.39, 0.29) is 5.91 Å². The van der Waals surface area contributed by atoms with Crippen molar-refractivity contribution < 1.29 is 9.32 Å². The van der Waals surface area contributed by atoms with Crippen molar-refractivity contribution in [2.24, 2.45) is 0 Å². The lowest BCUT2D eigenvalue weighted by Gasteiger charge is -2.32. The molecule has 0 atom stereocenters. The van der Waals surface area contributed by atoms with E-state index < -0.39 is 0 Å². The van der Waals surface area contributed by atoms with Crippen LogP contribution in [-0.4, -0.2) is 35.6 Å². The second-order valence-electron chi connectivity index (χ2n) is 9.41. The van der Waals surface area contributed by atoms with Crippen LogP contribution in [-0.2, 0) is 0 Å². The van der Waals surface area contributed by atoms with Crippen molar-refractivity contribution in [2.45, 2.75) is 65.2 Å². The molecule has 1 aromatic carbocycles. The number of aryl methyl sites for hydroxylation is 1. The zero-order valence-corrected chi connectivity index (χ0v) is 19.6. The van der Waals surface area contributed by atoms with Crippen LogP contribution in [0.2, 0.25) is 0 Å². The lowest BCUT2D eigenvalue weighted by Crippen LogP contribution is -2.33. The molecule has 4 rings (SSSR count). The third kappa shape index (κ3) is 5.57. The molecule has 1 amide bonds. The fourth-order valence-electron chi connectivity index (χ4n) is 4.69. The number of piperidine rings is 1. The first-order valence-electron chi connectivity index (χ1n) is 11.9. The molecule has 2 aromatic rings. The van der Waals surface area contributed by atoms with E-state index in [0.29, 0.717) is 17.4 Å². The molecule has 0 saturated carbocycles. The molecule has 1 aromatic heterocycles. The minimum Gasteiger partial charge on any atom is -0.361 e. The molecule has 2 aliphatic rings. The summed E-state index contributed by atoms with van der Waals surface area (Å²) in [5.41, 5.74) is 6.49. The van der Waals surface area contributed by atoms with E-state index >= 15 is 0 Å². The van der Waals surface area contributed by atoms with Crippen LogP contribution >= 0.6 is 0 Å². The van der Waals surface area contributed by atoms with Crippen LogP contribution in [0.1, 0.15) is 85.7 Å². The summed E-state index contributed by atoms with van der Waals surface area (Å²) in [6.07, 6.45) is 11.6. The Kier molecular flexibility index (Phi) is 7.26. The molecule has 2 heterocycles. The molecule has 5 heteroatoms. The Labute approximate surface area is 191 Å². The van der Waals surface area contributed by atoms with Crippen LogP contribution in [0.5, 0.6) is 0 Å².